The second kappa shape index (κ2) is 11.0. The third-order valence-electron chi connectivity index (χ3n) is 8.71. The molecule has 208 valence electrons. The molecule has 3 aliphatic heterocycles. The normalized spacial score (nSPS) is 24.7. The Morgan fingerprint density at radius 2 is 1.56 bits per heavy atom. The van der Waals surface area contributed by atoms with Crippen LogP contribution in [-0.2, 0) is 0 Å². The average Bonchev–Trinajstić information content (AvgIpc) is 3.47. The molecule has 9 nitrogen and oxygen atoms in total. The molecule has 3 aliphatic rings. The SMILES string of the molecule is Cc1cc(C(=O)N[C@H]2C[C@H]3CC[C@@H](C2)N3c2ccc(C(=O)N[C@H]3CCN(C(C)C)C3)cn2)c(C)cc1C(N)=O. The van der Waals surface area contributed by atoms with Gasteiger partial charge >= 0.3 is 0 Å². The van der Waals surface area contributed by atoms with Gasteiger partial charge in [-0.2, -0.15) is 0 Å². The van der Waals surface area contributed by atoms with Crippen molar-refractivity contribution < 1.29 is 14.4 Å². The van der Waals surface area contributed by atoms with Gasteiger partial charge in [-0.15, -0.1) is 0 Å². The molecular weight excluding hydrogens is 492 g/mol. The van der Waals surface area contributed by atoms with E-state index in [0.717, 1.165) is 56.6 Å². The van der Waals surface area contributed by atoms with Crippen molar-refractivity contribution in [3.63, 3.8) is 0 Å². The van der Waals surface area contributed by atoms with Crippen LogP contribution in [0.5, 0.6) is 0 Å². The van der Waals surface area contributed by atoms with Crippen LogP contribution in [-0.4, -0.2) is 70.9 Å². The van der Waals surface area contributed by atoms with E-state index in [-0.39, 0.29) is 23.9 Å². The first-order valence-electron chi connectivity index (χ1n) is 14.1. The molecule has 2 aromatic rings. The van der Waals surface area contributed by atoms with Crippen LogP contribution in [0.15, 0.2) is 30.5 Å². The Morgan fingerprint density at radius 1 is 0.923 bits per heavy atom. The minimum Gasteiger partial charge on any atom is -0.366 e. The number of fused-ring (bicyclic) bond motifs is 2. The van der Waals surface area contributed by atoms with Crippen LogP contribution >= 0.6 is 0 Å². The topological polar surface area (TPSA) is 121 Å². The molecule has 1 aromatic heterocycles. The highest BCUT2D eigenvalue weighted by Crippen LogP contribution is 2.38. The highest BCUT2D eigenvalue weighted by Gasteiger charge is 2.42. The van der Waals surface area contributed by atoms with E-state index in [2.05, 4.69) is 39.3 Å². The van der Waals surface area contributed by atoms with Gasteiger partial charge in [-0.1, -0.05) is 0 Å². The Kier molecular flexibility index (Phi) is 7.62. The predicted molar refractivity (Wildman–Crippen MR) is 151 cm³/mol. The third kappa shape index (κ3) is 5.64. The highest BCUT2D eigenvalue weighted by atomic mass is 16.2. The number of nitrogens with two attached hydrogens (primary N) is 1. The van der Waals surface area contributed by atoms with Crippen molar-refractivity contribution in [2.45, 2.75) is 90.0 Å². The molecule has 4 atom stereocenters. The summed E-state index contributed by atoms with van der Waals surface area (Å²) < 4.78 is 0. The number of nitrogens with one attached hydrogen (secondary N) is 2. The number of likely N-dealkylation sites (tertiary alicyclic amines) is 1. The summed E-state index contributed by atoms with van der Waals surface area (Å²) in [6, 6.07) is 8.61. The van der Waals surface area contributed by atoms with E-state index in [9.17, 15) is 14.4 Å². The van der Waals surface area contributed by atoms with E-state index >= 15 is 0 Å². The molecule has 0 spiro atoms. The van der Waals surface area contributed by atoms with Crippen LogP contribution in [0.1, 0.15) is 88.2 Å². The van der Waals surface area contributed by atoms with E-state index in [0.29, 0.717) is 40.4 Å². The molecule has 4 N–H and O–H groups in total. The molecule has 0 radical (unpaired) electrons. The number of anilines is 1. The van der Waals surface area contributed by atoms with Crippen molar-refractivity contribution in [3.8, 4) is 0 Å². The van der Waals surface area contributed by atoms with Gasteiger partial charge < -0.3 is 21.3 Å². The molecule has 3 amide bonds. The number of carbonyl (C=O) groups excluding carboxylic acids is 3. The number of amides is 3. The molecule has 3 fully saturated rings. The minimum absolute atomic E-state index is 0.0663. The molecule has 9 heteroatoms. The van der Waals surface area contributed by atoms with Crippen molar-refractivity contribution in [1.82, 2.24) is 20.5 Å². The lowest BCUT2D eigenvalue weighted by Gasteiger charge is -2.40. The molecule has 1 aromatic carbocycles. The van der Waals surface area contributed by atoms with Crippen molar-refractivity contribution in [2.75, 3.05) is 18.0 Å². The lowest BCUT2D eigenvalue weighted by Crippen LogP contribution is -2.51. The first kappa shape index (κ1) is 27.1. The Labute approximate surface area is 230 Å². The van der Waals surface area contributed by atoms with Crippen LogP contribution in [0, 0.1) is 13.8 Å². The summed E-state index contributed by atoms with van der Waals surface area (Å²) in [5.74, 6) is 0.227. The van der Waals surface area contributed by atoms with E-state index < -0.39 is 5.91 Å². The van der Waals surface area contributed by atoms with Crippen LogP contribution in [0.2, 0.25) is 0 Å². The zero-order valence-electron chi connectivity index (χ0n) is 23.4. The third-order valence-corrected chi connectivity index (χ3v) is 8.71. The van der Waals surface area contributed by atoms with E-state index in [1.165, 1.54) is 0 Å². The number of hydrogen-bond acceptors (Lipinski definition) is 6. The number of aromatic nitrogens is 1. The standard InChI is InChI=1S/C30H40N6O3/c1-17(2)35-10-9-21(16-35)33-29(38)20-5-8-27(32-15-20)36-23-6-7-24(36)14-22(13-23)34-30(39)26-12-18(3)25(28(31)37)11-19(26)4/h5,8,11-12,15,17,21-24H,6-7,9-10,13-14,16H2,1-4H3,(H2,31,37)(H,33,38)(H,34,39)/t21-,22-,23+,24-/m0/s1. The summed E-state index contributed by atoms with van der Waals surface area (Å²) in [7, 11) is 0. The van der Waals surface area contributed by atoms with Crippen LogP contribution < -0.4 is 21.3 Å². The zero-order chi connectivity index (χ0) is 27.8. The molecule has 0 aliphatic carbocycles. The minimum atomic E-state index is -0.486. The number of benzene rings is 1. The first-order valence-corrected chi connectivity index (χ1v) is 14.1. The fourth-order valence-corrected chi connectivity index (χ4v) is 6.57. The van der Waals surface area contributed by atoms with Crippen molar-refractivity contribution in [1.29, 1.82) is 0 Å². The molecule has 3 saturated heterocycles. The lowest BCUT2D eigenvalue weighted by atomic mass is 9.95. The Balaban J connectivity index is 1.19. The summed E-state index contributed by atoms with van der Waals surface area (Å²) in [6.07, 6.45) is 6.46. The van der Waals surface area contributed by atoms with Crippen molar-refractivity contribution in [2.24, 2.45) is 5.73 Å². The van der Waals surface area contributed by atoms with Gasteiger partial charge in [0.25, 0.3) is 11.8 Å². The van der Waals surface area contributed by atoms with Gasteiger partial charge in [0.2, 0.25) is 5.91 Å². The maximum Gasteiger partial charge on any atom is 0.253 e. The second-order valence-electron chi connectivity index (χ2n) is 11.7. The summed E-state index contributed by atoms with van der Waals surface area (Å²) in [5.41, 5.74) is 8.52. The number of primary amides is 1. The number of nitrogens with zero attached hydrogens (tertiary/aromatic N) is 3. The lowest BCUT2D eigenvalue weighted by molar-refractivity contribution is 0.0921. The fourth-order valence-electron chi connectivity index (χ4n) is 6.57. The van der Waals surface area contributed by atoms with Crippen molar-refractivity contribution >= 4 is 23.5 Å². The van der Waals surface area contributed by atoms with Crippen molar-refractivity contribution in [3.05, 3.63) is 58.3 Å². The number of pyridine rings is 1. The Hall–Kier alpha value is -3.46. The molecule has 0 saturated carbocycles. The summed E-state index contributed by atoms with van der Waals surface area (Å²) >= 11 is 0. The quantitative estimate of drug-likeness (QED) is 0.504. The maximum absolute atomic E-state index is 13.1. The predicted octanol–water partition coefficient (Wildman–Crippen LogP) is 2.94. The monoisotopic (exact) mass is 532 g/mol. The molecule has 2 bridgehead atoms. The number of piperidine rings is 1. The van der Waals surface area contributed by atoms with Crippen LogP contribution in [0.25, 0.3) is 0 Å². The largest absolute Gasteiger partial charge is 0.366 e. The molecule has 0 unspecified atom stereocenters. The van der Waals surface area contributed by atoms with Crippen LogP contribution in [0.3, 0.4) is 0 Å². The van der Waals surface area contributed by atoms with Gasteiger partial charge in [0.05, 0.1) is 5.56 Å². The van der Waals surface area contributed by atoms with Gasteiger partial charge in [-0.05, 0) is 95.2 Å². The smallest absolute Gasteiger partial charge is 0.253 e. The fraction of sp³-hybridized carbons (Fsp3) is 0.533. The molecule has 39 heavy (non-hydrogen) atoms. The van der Waals surface area contributed by atoms with E-state index in [1.807, 2.05) is 19.1 Å². The zero-order valence-corrected chi connectivity index (χ0v) is 23.4. The van der Waals surface area contributed by atoms with Gasteiger partial charge in [0, 0.05) is 60.6 Å². The van der Waals surface area contributed by atoms with E-state index in [4.69, 9.17) is 5.73 Å². The number of hydrogen-bond donors (Lipinski definition) is 3. The van der Waals surface area contributed by atoms with Gasteiger partial charge in [-0.25, -0.2) is 4.98 Å². The second-order valence-corrected chi connectivity index (χ2v) is 11.7. The van der Waals surface area contributed by atoms with Gasteiger partial charge in [-0.3, -0.25) is 19.3 Å². The Morgan fingerprint density at radius 3 is 2.15 bits per heavy atom. The van der Waals surface area contributed by atoms with E-state index in [1.54, 1.807) is 25.3 Å². The average molecular weight is 533 g/mol. The summed E-state index contributed by atoms with van der Waals surface area (Å²) in [5, 5.41) is 6.40. The Bertz CT molecular complexity index is 1250. The molecule has 5 rings (SSSR count). The van der Waals surface area contributed by atoms with Crippen LogP contribution in [0.4, 0.5) is 5.82 Å². The first-order chi connectivity index (χ1) is 18.6. The highest BCUT2D eigenvalue weighted by molar-refractivity contribution is 5.99. The van der Waals surface area contributed by atoms with Gasteiger partial charge in [0.15, 0.2) is 0 Å². The summed E-state index contributed by atoms with van der Waals surface area (Å²) in [6.45, 7) is 9.90. The molecule has 4 heterocycles. The molecular formula is C30H40N6O3. The maximum atomic E-state index is 13.1. The number of aryl methyl sites for hydroxylation is 2. The number of carbonyl (C=O) groups is 3. The van der Waals surface area contributed by atoms with Gasteiger partial charge in [0.1, 0.15) is 5.82 Å². The number of rotatable bonds is 7. The summed E-state index contributed by atoms with van der Waals surface area (Å²) in [4.78, 5) is 47.0.